The molecule has 0 aromatic heterocycles. The Hall–Kier alpha value is -3.35. The number of nitrogens with zero attached hydrogens (tertiary/aromatic N) is 1. The molecule has 0 bridgehead atoms. The van der Waals surface area contributed by atoms with Crippen LogP contribution in [0.2, 0.25) is 0 Å². The van der Waals surface area contributed by atoms with Crippen molar-refractivity contribution in [3.05, 3.63) is 59.7 Å². The van der Waals surface area contributed by atoms with Crippen LogP contribution in [0.5, 0.6) is 11.5 Å². The molecule has 2 amide bonds. The lowest BCUT2D eigenvalue weighted by atomic mass is 10.2. The standard InChI is InChI=1S/C20H23N3O4/c1-2-3-12-27-17-10-8-15(9-11-17)20(26)21-14-19(25)23-22-13-16-6-4-5-7-18(16)24/h4-11,13,24H,2-3,12,14H2,1H3,(H,21,26)(H,23,25). The van der Waals surface area contributed by atoms with Gasteiger partial charge in [-0.25, -0.2) is 5.43 Å². The molecule has 0 radical (unpaired) electrons. The number of rotatable bonds is 9. The summed E-state index contributed by atoms with van der Waals surface area (Å²) in [6.07, 6.45) is 3.36. The molecule has 0 aliphatic carbocycles. The Morgan fingerprint density at radius 2 is 1.89 bits per heavy atom. The second kappa shape index (κ2) is 10.6. The summed E-state index contributed by atoms with van der Waals surface area (Å²) >= 11 is 0. The highest BCUT2D eigenvalue weighted by atomic mass is 16.5. The van der Waals surface area contributed by atoms with Crippen LogP contribution < -0.4 is 15.5 Å². The quantitative estimate of drug-likeness (QED) is 0.359. The van der Waals surface area contributed by atoms with Crippen LogP contribution >= 0.6 is 0 Å². The first-order valence-electron chi connectivity index (χ1n) is 8.71. The zero-order valence-electron chi connectivity index (χ0n) is 15.1. The number of phenolic OH excluding ortho intramolecular Hbond substituents is 1. The van der Waals surface area contributed by atoms with Gasteiger partial charge in [-0.3, -0.25) is 9.59 Å². The highest BCUT2D eigenvalue weighted by Gasteiger charge is 2.08. The van der Waals surface area contributed by atoms with Crippen LogP contribution in [0.1, 0.15) is 35.7 Å². The molecule has 0 aliphatic rings. The van der Waals surface area contributed by atoms with Crippen molar-refractivity contribution in [2.24, 2.45) is 5.10 Å². The Bertz CT molecular complexity index is 788. The summed E-state index contributed by atoms with van der Waals surface area (Å²) in [5, 5.41) is 15.9. The van der Waals surface area contributed by atoms with E-state index in [0.717, 1.165) is 12.8 Å². The van der Waals surface area contributed by atoms with Gasteiger partial charge in [0, 0.05) is 11.1 Å². The van der Waals surface area contributed by atoms with Gasteiger partial charge in [-0.05, 0) is 42.8 Å². The normalized spacial score (nSPS) is 10.6. The van der Waals surface area contributed by atoms with E-state index in [4.69, 9.17) is 4.74 Å². The van der Waals surface area contributed by atoms with Crippen LogP contribution in [0.15, 0.2) is 53.6 Å². The molecular weight excluding hydrogens is 346 g/mol. The number of carbonyl (C=O) groups is 2. The number of ether oxygens (including phenoxy) is 1. The van der Waals surface area contributed by atoms with Gasteiger partial charge in [0.25, 0.3) is 11.8 Å². The van der Waals surface area contributed by atoms with Crippen molar-refractivity contribution in [1.82, 2.24) is 10.7 Å². The highest BCUT2D eigenvalue weighted by Crippen LogP contribution is 2.13. The van der Waals surface area contributed by atoms with Crippen LogP contribution in [-0.4, -0.2) is 36.3 Å². The van der Waals surface area contributed by atoms with E-state index < -0.39 is 5.91 Å². The third kappa shape index (κ3) is 6.81. The van der Waals surface area contributed by atoms with E-state index in [0.29, 0.717) is 23.5 Å². The van der Waals surface area contributed by atoms with Gasteiger partial charge in [0.15, 0.2) is 0 Å². The SMILES string of the molecule is CCCCOc1ccc(C(=O)NCC(=O)NN=Cc2ccccc2O)cc1. The number of hydrazone groups is 1. The Morgan fingerprint density at radius 3 is 2.59 bits per heavy atom. The first-order valence-corrected chi connectivity index (χ1v) is 8.71. The van der Waals surface area contributed by atoms with E-state index in [1.165, 1.54) is 12.3 Å². The minimum atomic E-state index is -0.477. The van der Waals surface area contributed by atoms with Crippen molar-refractivity contribution in [2.45, 2.75) is 19.8 Å². The van der Waals surface area contributed by atoms with E-state index in [1.54, 1.807) is 42.5 Å². The van der Waals surface area contributed by atoms with Gasteiger partial charge in [-0.1, -0.05) is 25.5 Å². The molecule has 0 atom stereocenters. The smallest absolute Gasteiger partial charge is 0.259 e. The molecule has 2 aromatic carbocycles. The molecular formula is C20H23N3O4. The van der Waals surface area contributed by atoms with Crippen LogP contribution in [0, 0.1) is 0 Å². The zero-order chi connectivity index (χ0) is 19.5. The van der Waals surface area contributed by atoms with E-state index in [9.17, 15) is 14.7 Å². The molecule has 0 aliphatic heterocycles. The third-order valence-corrected chi connectivity index (χ3v) is 3.62. The minimum Gasteiger partial charge on any atom is -0.507 e. The molecule has 2 aromatic rings. The maximum absolute atomic E-state index is 12.1. The molecule has 27 heavy (non-hydrogen) atoms. The number of hydrogen-bond acceptors (Lipinski definition) is 5. The van der Waals surface area contributed by atoms with E-state index in [2.05, 4.69) is 22.8 Å². The number of benzene rings is 2. The molecule has 7 nitrogen and oxygen atoms in total. The fourth-order valence-corrected chi connectivity index (χ4v) is 2.11. The Balaban J connectivity index is 1.76. The number of nitrogens with one attached hydrogen (secondary N) is 2. The highest BCUT2D eigenvalue weighted by molar-refractivity contribution is 5.96. The summed E-state index contributed by atoms with van der Waals surface area (Å²) in [4.78, 5) is 23.8. The van der Waals surface area contributed by atoms with Crippen molar-refractivity contribution in [3.8, 4) is 11.5 Å². The van der Waals surface area contributed by atoms with Crippen molar-refractivity contribution in [3.63, 3.8) is 0 Å². The summed E-state index contributed by atoms with van der Waals surface area (Å²) < 4.78 is 5.54. The summed E-state index contributed by atoms with van der Waals surface area (Å²) in [5.41, 5.74) is 3.20. The average molecular weight is 369 g/mol. The summed E-state index contributed by atoms with van der Waals surface area (Å²) in [5.74, 6) is -0.0772. The lowest BCUT2D eigenvalue weighted by Gasteiger charge is -2.07. The van der Waals surface area contributed by atoms with Crippen LogP contribution in [0.25, 0.3) is 0 Å². The number of para-hydroxylation sites is 1. The lowest BCUT2D eigenvalue weighted by Crippen LogP contribution is -2.34. The second-order valence-electron chi connectivity index (χ2n) is 5.76. The van der Waals surface area contributed by atoms with Gasteiger partial charge in [-0.2, -0.15) is 5.10 Å². The minimum absolute atomic E-state index is 0.0610. The molecule has 7 heteroatoms. The Morgan fingerprint density at radius 1 is 1.15 bits per heavy atom. The number of unbranched alkanes of at least 4 members (excludes halogenated alkanes) is 1. The fraction of sp³-hybridized carbons (Fsp3) is 0.250. The van der Waals surface area contributed by atoms with Crippen molar-refractivity contribution in [2.75, 3.05) is 13.2 Å². The predicted octanol–water partition coefficient (Wildman–Crippen LogP) is 2.45. The van der Waals surface area contributed by atoms with Crippen molar-refractivity contribution in [1.29, 1.82) is 0 Å². The van der Waals surface area contributed by atoms with Gasteiger partial charge in [-0.15, -0.1) is 0 Å². The molecule has 0 spiro atoms. The largest absolute Gasteiger partial charge is 0.507 e. The first-order chi connectivity index (χ1) is 13.1. The third-order valence-electron chi connectivity index (χ3n) is 3.62. The Labute approximate surface area is 158 Å². The fourth-order valence-electron chi connectivity index (χ4n) is 2.11. The van der Waals surface area contributed by atoms with Crippen molar-refractivity contribution >= 4 is 18.0 Å². The van der Waals surface area contributed by atoms with Gasteiger partial charge in [0.2, 0.25) is 0 Å². The zero-order valence-corrected chi connectivity index (χ0v) is 15.1. The maximum Gasteiger partial charge on any atom is 0.259 e. The van der Waals surface area contributed by atoms with Gasteiger partial charge >= 0.3 is 0 Å². The van der Waals surface area contributed by atoms with E-state index in [-0.39, 0.29) is 18.2 Å². The average Bonchev–Trinajstić information content (AvgIpc) is 2.68. The van der Waals surface area contributed by atoms with E-state index >= 15 is 0 Å². The lowest BCUT2D eigenvalue weighted by molar-refractivity contribution is -0.120. The number of hydrogen-bond donors (Lipinski definition) is 3. The molecule has 0 saturated heterocycles. The maximum atomic E-state index is 12.1. The molecule has 2 rings (SSSR count). The van der Waals surface area contributed by atoms with Crippen molar-refractivity contribution < 1.29 is 19.4 Å². The molecule has 142 valence electrons. The predicted molar refractivity (Wildman–Crippen MR) is 103 cm³/mol. The van der Waals surface area contributed by atoms with E-state index in [1.807, 2.05) is 0 Å². The number of phenols is 1. The van der Waals surface area contributed by atoms with Crippen LogP contribution in [0.4, 0.5) is 0 Å². The van der Waals surface area contributed by atoms with Gasteiger partial charge in [0.1, 0.15) is 11.5 Å². The van der Waals surface area contributed by atoms with Crippen LogP contribution in [-0.2, 0) is 4.79 Å². The molecule has 3 N–H and O–H groups in total. The monoisotopic (exact) mass is 369 g/mol. The summed E-state index contributed by atoms with van der Waals surface area (Å²) in [6, 6.07) is 13.3. The molecule has 0 heterocycles. The molecule has 0 unspecified atom stereocenters. The van der Waals surface area contributed by atoms with Crippen LogP contribution in [0.3, 0.4) is 0 Å². The van der Waals surface area contributed by atoms with Gasteiger partial charge in [0.05, 0.1) is 19.4 Å². The topological polar surface area (TPSA) is 100 Å². The number of aromatic hydroxyl groups is 1. The second-order valence-corrected chi connectivity index (χ2v) is 5.76. The van der Waals surface area contributed by atoms with Gasteiger partial charge < -0.3 is 15.2 Å². The molecule has 0 fully saturated rings. The summed E-state index contributed by atoms with van der Waals surface area (Å²) in [7, 11) is 0. The first kappa shape index (κ1) is 20.0. The Kier molecular flexibility index (Phi) is 7.84. The summed E-state index contributed by atoms with van der Waals surface area (Å²) in [6.45, 7) is 2.51. The number of carbonyl (C=O) groups excluding carboxylic acids is 2. The molecule has 0 saturated carbocycles. The number of amides is 2.